The zero-order chi connectivity index (χ0) is 9.10. The highest BCUT2D eigenvalue weighted by atomic mass is 15.2. The molecule has 1 aromatic rings. The summed E-state index contributed by atoms with van der Waals surface area (Å²) in [7, 11) is 0. The number of hydrogen-bond donors (Lipinski definition) is 0. The molecule has 2 nitrogen and oxygen atoms in total. The molecular weight excluding hydrogens is 160 g/mol. The van der Waals surface area contributed by atoms with Crippen molar-refractivity contribution >= 4 is 0 Å². The molecule has 0 bridgehead atoms. The lowest BCUT2D eigenvalue weighted by molar-refractivity contribution is 0.326. The van der Waals surface area contributed by atoms with Crippen LogP contribution < -0.4 is 5.73 Å². The second kappa shape index (κ2) is 3.90. The Morgan fingerprint density at radius 1 is 1.31 bits per heavy atom. The van der Waals surface area contributed by atoms with E-state index in [9.17, 15) is 0 Å². The van der Waals surface area contributed by atoms with E-state index in [1.54, 1.807) is 0 Å². The average molecular weight is 175 g/mol. The first kappa shape index (κ1) is 8.73. The largest absolute Gasteiger partial charge is 0.297 e. The zero-order valence-electron chi connectivity index (χ0n) is 7.74. The molecule has 1 aliphatic rings. The first-order valence-corrected chi connectivity index (χ1v) is 4.82. The number of likely N-dealkylation sites (tertiary alicyclic amines) is 1. The Bertz CT molecular complexity index is 258. The van der Waals surface area contributed by atoms with Gasteiger partial charge in [-0.05, 0) is 12.0 Å². The van der Waals surface area contributed by atoms with Gasteiger partial charge in [0.15, 0.2) is 0 Å². The van der Waals surface area contributed by atoms with Gasteiger partial charge in [-0.25, -0.2) is 0 Å². The summed E-state index contributed by atoms with van der Waals surface area (Å²) in [6, 6.07) is 10.6. The van der Waals surface area contributed by atoms with E-state index in [1.165, 1.54) is 5.56 Å². The fourth-order valence-electron chi connectivity index (χ4n) is 1.82. The maximum Gasteiger partial charge on any atom is 0.0352 e. The van der Waals surface area contributed by atoms with Gasteiger partial charge in [0, 0.05) is 25.7 Å². The maximum atomic E-state index is 7.59. The fraction of sp³-hybridized carbons (Fsp3) is 0.455. The van der Waals surface area contributed by atoms with Gasteiger partial charge >= 0.3 is 0 Å². The van der Waals surface area contributed by atoms with Crippen LogP contribution in [-0.4, -0.2) is 24.0 Å². The Morgan fingerprint density at radius 2 is 2.08 bits per heavy atom. The SMILES string of the molecule is [NH][C@H]1CCN(Cc2ccccc2)C1. The predicted molar refractivity (Wildman–Crippen MR) is 53.2 cm³/mol. The van der Waals surface area contributed by atoms with Crippen molar-refractivity contribution in [3.63, 3.8) is 0 Å². The summed E-state index contributed by atoms with van der Waals surface area (Å²) in [4.78, 5) is 2.35. The molecular formula is C11H15N2. The Labute approximate surface area is 79.4 Å². The second-order valence-corrected chi connectivity index (χ2v) is 3.71. The second-order valence-electron chi connectivity index (χ2n) is 3.71. The molecule has 13 heavy (non-hydrogen) atoms. The summed E-state index contributed by atoms with van der Waals surface area (Å²) >= 11 is 0. The molecule has 0 aliphatic carbocycles. The molecule has 1 N–H and O–H groups in total. The Kier molecular flexibility index (Phi) is 2.62. The monoisotopic (exact) mass is 175 g/mol. The Balaban J connectivity index is 1.92. The number of benzene rings is 1. The van der Waals surface area contributed by atoms with Crippen LogP contribution in [0.2, 0.25) is 0 Å². The Morgan fingerprint density at radius 3 is 2.69 bits per heavy atom. The molecule has 1 atom stereocenters. The molecule has 1 aliphatic heterocycles. The molecule has 1 fully saturated rings. The minimum atomic E-state index is 0.142. The van der Waals surface area contributed by atoms with Gasteiger partial charge in [0.25, 0.3) is 0 Å². The van der Waals surface area contributed by atoms with E-state index in [0.717, 1.165) is 26.1 Å². The van der Waals surface area contributed by atoms with Crippen molar-refractivity contribution in [2.45, 2.75) is 19.0 Å². The van der Waals surface area contributed by atoms with E-state index in [0.29, 0.717) is 0 Å². The van der Waals surface area contributed by atoms with Gasteiger partial charge in [0.05, 0.1) is 0 Å². The van der Waals surface area contributed by atoms with Gasteiger partial charge in [0.1, 0.15) is 0 Å². The molecule has 0 spiro atoms. The average Bonchev–Trinajstić information content (AvgIpc) is 2.53. The summed E-state index contributed by atoms with van der Waals surface area (Å²) in [6.07, 6.45) is 1.03. The van der Waals surface area contributed by atoms with Crippen molar-refractivity contribution in [1.82, 2.24) is 10.6 Å². The van der Waals surface area contributed by atoms with Crippen molar-refractivity contribution in [2.75, 3.05) is 13.1 Å². The zero-order valence-corrected chi connectivity index (χ0v) is 7.74. The van der Waals surface area contributed by atoms with Crippen LogP contribution in [0.15, 0.2) is 30.3 Å². The first-order chi connectivity index (χ1) is 6.34. The van der Waals surface area contributed by atoms with E-state index in [2.05, 4.69) is 29.2 Å². The first-order valence-electron chi connectivity index (χ1n) is 4.82. The lowest BCUT2D eigenvalue weighted by Gasteiger charge is -2.14. The minimum Gasteiger partial charge on any atom is -0.297 e. The van der Waals surface area contributed by atoms with Crippen LogP contribution in [0.3, 0.4) is 0 Å². The number of nitrogens with one attached hydrogen (secondary N) is 1. The number of nitrogens with zero attached hydrogens (tertiary/aromatic N) is 1. The van der Waals surface area contributed by atoms with Crippen LogP contribution in [0.4, 0.5) is 0 Å². The van der Waals surface area contributed by atoms with E-state index < -0.39 is 0 Å². The highest BCUT2D eigenvalue weighted by Crippen LogP contribution is 2.12. The van der Waals surface area contributed by atoms with Crippen LogP contribution >= 0.6 is 0 Å². The number of hydrogen-bond acceptors (Lipinski definition) is 1. The van der Waals surface area contributed by atoms with Crippen LogP contribution in [0.25, 0.3) is 0 Å². The van der Waals surface area contributed by atoms with Gasteiger partial charge in [-0.3, -0.25) is 10.6 Å². The third-order valence-corrected chi connectivity index (χ3v) is 2.52. The third kappa shape index (κ3) is 2.29. The molecule has 0 unspecified atom stereocenters. The molecule has 1 radical (unpaired) electrons. The van der Waals surface area contributed by atoms with Crippen molar-refractivity contribution in [2.24, 2.45) is 0 Å². The van der Waals surface area contributed by atoms with Gasteiger partial charge in [-0.2, -0.15) is 0 Å². The highest BCUT2D eigenvalue weighted by molar-refractivity contribution is 5.14. The smallest absolute Gasteiger partial charge is 0.0352 e. The van der Waals surface area contributed by atoms with Crippen LogP contribution in [0.1, 0.15) is 12.0 Å². The van der Waals surface area contributed by atoms with Gasteiger partial charge in [-0.1, -0.05) is 30.3 Å². The fourth-order valence-corrected chi connectivity index (χ4v) is 1.82. The van der Waals surface area contributed by atoms with Crippen molar-refractivity contribution < 1.29 is 0 Å². The molecule has 1 saturated heterocycles. The third-order valence-electron chi connectivity index (χ3n) is 2.52. The maximum absolute atomic E-state index is 7.59. The predicted octanol–water partition coefficient (Wildman–Crippen LogP) is 1.54. The molecule has 0 aromatic heterocycles. The molecule has 2 heteroatoms. The molecule has 1 aromatic carbocycles. The van der Waals surface area contributed by atoms with Crippen LogP contribution in [-0.2, 0) is 6.54 Å². The minimum absolute atomic E-state index is 0.142. The van der Waals surface area contributed by atoms with Crippen molar-refractivity contribution in [1.29, 1.82) is 0 Å². The van der Waals surface area contributed by atoms with Gasteiger partial charge in [-0.15, -0.1) is 0 Å². The van der Waals surface area contributed by atoms with E-state index >= 15 is 0 Å². The van der Waals surface area contributed by atoms with Crippen molar-refractivity contribution in [3.8, 4) is 0 Å². The molecule has 0 saturated carbocycles. The quantitative estimate of drug-likeness (QED) is 0.670. The standard InChI is InChI=1S/C11H15N2/c12-11-6-7-13(9-11)8-10-4-2-1-3-5-10/h1-5,11-12H,6-9H2/t11-/m0/s1. The molecule has 0 amide bonds. The summed E-state index contributed by atoms with van der Waals surface area (Å²) in [5.74, 6) is 0. The molecule has 1 heterocycles. The lowest BCUT2D eigenvalue weighted by atomic mass is 10.2. The normalized spacial score (nSPS) is 23.6. The van der Waals surface area contributed by atoms with E-state index in [-0.39, 0.29) is 6.04 Å². The van der Waals surface area contributed by atoms with E-state index in [4.69, 9.17) is 5.73 Å². The summed E-state index contributed by atoms with van der Waals surface area (Å²) in [5, 5.41) is 0. The highest BCUT2D eigenvalue weighted by Gasteiger charge is 2.18. The number of rotatable bonds is 2. The lowest BCUT2D eigenvalue weighted by Crippen LogP contribution is -2.21. The summed E-state index contributed by atoms with van der Waals surface area (Å²) in [6.45, 7) is 3.04. The van der Waals surface area contributed by atoms with Gasteiger partial charge < -0.3 is 0 Å². The summed E-state index contributed by atoms with van der Waals surface area (Å²) < 4.78 is 0. The topological polar surface area (TPSA) is 27.0 Å². The molecule has 69 valence electrons. The van der Waals surface area contributed by atoms with Gasteiger partial charge in [0.2, 0.25) is 0 Å². The summed E-state index contributed by atoms with van der Waals surface area (Å²) in [5.41, 5.74) is 8.94. The molecule has 2 rings (SSSR count). The van der Waals surface area contributed by atoms with Crippen molar-refractivity contribution in [3.05, 3.63) is 35.9 Å². The van der Waals surface area contributed by atoms with E-state index in [1.807, 2.05) is 6.07 Å². The van der Waals surface area contributed by atoms with Crippen LogP contribution in [0.5, 0.6) is 0 Å². The Hall–Kier alpha value is -0.860. The van der Waals surface area contributed by atoms with Crippen LogP contribution in [0, 0.1) is 0 Å².